The summed E-state index contributed by atoms with van der Waals surface area (Å²) in [6.07, 6.45) is 6.50. The summed E-state index contributed by atoms with van der Waals surface area (Å²) >= 11 is 0. The number of nitrogens with two attached hydrogens (primary N) is 1. The Labute approximate surface area is 191 Å². The quantitative estimate of drug-likeness (QED) is 0.318. The second kappa shape index (κ2) is 10.9. The first-order valence-electron chi connectivity index (χ1n) is 10.6. The van der Waals surface area contributed by atoms with E-state index in [1.165, 1.54) is 26.5 Å². The third-order valence-corrected chi connectivity index (χ3v) is 5.19. The number of rotatable bonds is 10. The smallest absolute Gasteiger partial charge is 0.171 e. The zero-order valence-electron chi connectivity index (χ0n) is 19.2. The van der Waals surface area contributed by atoms with Crippen molar-refractivity contribution in [1.82, 2.24) is 15.3 Å². The lowest BCUT2D eigenvalue weighted by molar-refractivity contribution is 0.354. The molecule has 0 aliphatic rings. The molecule has 4 N–H and O–H groups in total. The summed E-state index contributed by atoms with van der Waals surface area (Å²) < 4.78 is 39.8. The molecule has 2 aromatic heterocycles. The molecule has 0 bridgehead atoms. The molecule has 0 saturated carbocycles. The Morgan fingerprint density at radius 3 is 2.52 bits per heavy atom. The lowest BCUT2D eigenvalue weighted by Gasteiger charge is -2.12. The highest BCUT2D eigenvalue weighted by Crippen LogP contribution is 2.34. The number of halogens is 2. The number of aromatic nitrogens is 2. The number of allylic oxidation sites excluding steroid dienone is 1. The van der Waals surface area contributed by atoms with Gasteiger partial charge < -0.3 is 25.5 Å². The van der Waals surface area contributed by atoms with Crippen LogP contribution in [0.25, 0.3) is 16.6 Å². The monoisotopic (exact) mass is 457 g/mol. The molecule has 0 aliphatic carbocycles. The van der Waals surface area contributed by atoms with E-state index in [0.29, 0.717) is 29.4 Å². The molecule has 0 spiro atoms. The maximum absolute atomic E-state index is 14.9. The van der Waals surface area contributed by atoms with Gasteiger partial charge >= 0.3 is 0 Å². The number of aromatic amines is 1. The van der Waals surface area contributed by atoms with Crippen LogP contribution >= 0.6 is 0 Å². The fourth-order valence-corrected chi connectivity index (χ4v) is 3.44. The number of hydrogen-bond acceptors (Lipinski definition) is 6. The summed E-state index contributed by atoms with van der Waals surface area (Å²) in [6.45, 7) is 5.51. The van der Waals surface area contributed by atoms with E-state index in [2.05, 4.69) is 34.1 Å². The van der Waals surface area contributed by atoms with Crippen LogP contribution in [0.5, 0.6) is 11.5 Å². The SMILES string of the molecule is COc1cc(OC)c(F)c(Cc2c[nH]c3ncc(C(C=NCCNC(C)C)=CN)cc23)c1F. The molecule has 0 amide bonds. The minimum absolute atomic E-state index is 0.0208. The zero-order chi connectivity index (χ0) is 24.0. The molecule has 0 saturated heterocycles. The fraction of sp³-hybridized carbons (Fsp3) is 0.333. The van der Waals surface area contributed by atoms with Gasteiger partial charge in [-0.1, -0.05) is 13.8 Å². The van der Waals surface area contributed by atoms with Crippen molar-refractivity contribution in [2.75, 3.05) is 27.3 Å². The number of benzene rings is 1. The first-order chi connectivity index (χ1) is 15.9. The molecule has 33 heavy (non-hydrogen) atoms. The summed E-state index contributed by atoms with van der Waals surface area (Å²) in [7, 11) is 2.64. The number of nitrogens with zero attached hydrogens (tertiary/aromatic N) is 2. The second-order valence-corrected chi connectivity index (χ2v) is 7.76. The van der Waals surface area contributed by atoms with Gasteiger partial charge in [0.1, 0.15) is 5.65 Å². The number of pyridine rings is 1. The molecular weight excluding hydrogens is 428 g/mol. The van der Waals surface area contributed by atoms with Crippen LogP contribution in [-0.4, -0.2) is 49.5 Å². The van der Waals surface area contributed by atoms with E-state index < -0.39 is 11.6 Å². The molecule has 0 atom stereocenters. The highest BCUT2D eigenvalue weighted by molar-refractivity contribution is 6.10. The average molecular weight is 458 g/mol. The standard InChI is InChI=1S/C24H29F2N5O2/c1-14(2)29-6-5-28-11-17(10-27)15-7-18-16(13-31-24(18)30-12-15)8-19-22(25)20(32-3)9-21(33-4)23(19)26/h7,9-14,29H,5-6,8,27H2,1-4H3,(H,30,31). The minimum Gasteiger partial charge on any atom is -0.494 e. The van der Waals surface area contributed by atoms with Crippen LogP contribution in [-0.2, 0) is 6.42 Å². The molecular formula is C24H29F2N5O2. The number of H-pyrrole nitrogens is 1. The van der Waals surface area contributed by atoms with Crippen molar-refractivity contribution in [3.8, 4) is 11.5 Å². The van der Waals surface area contributed by atoms with E-state index in [9.17, 15) is 8.78 Å². The summed E-state index contributed by atoms with van der Waals surface area (Å²) in [6, 6.07) is 3.46. The highest BCUT2D eigenvalue weighted by Gasteiger charge is 2.21. The molecule has 3 rings (SSSR count). The van der Waals surface area contributed by atoms with Crippen LogP contribution < -0.4 is 20.5 Å². The van der Waals surface area contributed by atoms with E-state index in [4.69, 9.17) is 15.2 Å². The van der Waals surface area contributed by atoms with Gasteiger partial charge in [-0.2, -0.15) is 0 Å². The van der Waals surface area contributed by atoms with Crippen molar-refractivity contribution in [2.24, 2.45) is 10.7 Å². The zero-order valence-corrected chi connectivity index (χ0v) is 19.2. The van der Waals surface area contributed by atoms with Crippen LogP contribution in [0.15, 0.2) is 35.7 Å². The Hall–Kier alpha value is -3.46. The van der Waals surface area contributed by atoms with Crippen LogP contribution in [0, 0.1) is 11.6 Å². The van der Waals surface area contributed by atoms with Gasteiger partial charge in [0.25, 0.3) is 0 Å². The van der Waals surface area contributed by atoms with Crippen LogP contribution in [0.3, 0.4) is 0 Å². The summed E-state index contributed by atoms with van der Waals surface area (Å²) in [5.74, 6) is -1.70. The van der Waals surface area contributed by atoms with Gasteiger partial charge in [0, 0.05) is 72.0 Å². The third-order valence-electron chi connectivity index (χ3n) is 5.19. The first kappa shape index (κ1) is 24.2. The van der Waals surface area contributed by atoms with E-state index in [1.807, 2.05) is 6.07 Å². The number of hydrogen-bond donors (Lipinski definition) is 3. The van der Waals surface area contributed by atoms with Gasteiger partial charge in [-0.3, -0.25) is 4.99 Å². The Kier molecular flexibility index (Phi) is 8.00. The minimum atomic E-state index is -0.765. The summed E-state index contributed by atoms with van der Waals surface area (Å²) in [5, 5.41) is 4.02. The van der Waals surface area contributed by atoms with E-state index >= 15 is 0 Å². The molecule has 0 radical (unpaired) electrons. The summed E-state index contributed by atoms with van der Waals surface area (Å²) in [5.41, 5.74) is 8.38. The molecule has 0 unspecified atom stereocenters. The van der Waals surface area contributed by atoms with E-state index in [1.54, 1.807) is 18.6 Å². The largest absolute Gasteiger partial charge is 0.494 e. The second-order valence-electron chi connectivity index (χ2n) is 7.76. The third kappa shape index (κ3) is 5.48. The number of aliphatic imine (C=N–C) groups is 1. The normalized spacial score (nSPS) is 12.3. The van der Waals surface area contributed by atoms with Gasteiger partial charge in [0.05, 0.1) is 20.8 Å². The molecule has 3 aromatic rings. The number of fused-ring (bicyclic) bond motifs is 1. The number of nitrogens with one attached hydrogen (secondary N) is 2. The topological polar surface area (TPSA) is 97.5 Å². The van der Waals surface area contributed by atoms with Crippen LogP contribution in [0.4, 0.5) is 8.78 Å². The van der Waals surface area contributed by atoms with Crippen LogP contribution in [0.2, 0.25) is 0 Å². The average Bonchev–Trinajstić information content (AvgIpc) is 3.21. The van der Waals surface area contributed by atoms with Crippen LogP contribution in [0.1, 0.15) is 30.5 Å². The van der Waals surface area contributed by atoms with Gasteiger partial charge in [-0.05, 0) is 11.6 Å². The fourth-order valence-electron chi connectivity index (χ4n) is 3.44. The lowest BCUT2D eigenvalue weighted by Crippen LogP contribution is -2.25. The molecule has 1 aromatic carbocycles. The Balaban J connectivity index is 1.92. The number of ether oxygens (including phenoxy) is 2. The molecule has 7 nitrogen and oxygen atoms in total. The predicted molar refractivity (Wildman–Crippen MR) is 127 cm³/mol. The molecule has 9 heteroatoms. The van der Waals surface area contributed by atoms with Gasteiger partial charge in [-0.15, -0.1) is 0 Å². The predicted octanol–water partition coefficient (Wildman–Crippen LogP) is 3.82. The van der Waals surface area contributed by atoms with Crippen molar-refractivity contribution < 1.29 is 18.3 Å². The number of methoxy groups -OCH3 is 2. The maximum atomic E-state index is 14.9. The highest BCUT2D eigenvalue weighted by atomic mass is 19.1. The van der Waals surface area contributed by atoms with Crippen molar-refractivity contribution in [1.29, 1.82) is 0 Å². The summed E-state index contributed by atoms with van der Waals surface area (Å²) in [4.78, 5) is 11.9. The van der Waals surface area contributed by atoms with Gasteiger partial charge in [0.2, 0.25) is 0 Å². The van der Waals surface area contributed by atoms with Gasteiger partial charge in [-0.25, -0.2) is 13.8 Å². The van der Waals surface area contributed by atoms with E-state index in [-0.39, 0.29) is 23.5 Å². The van der Waals surface area contributed by atoms with Crippen molar-refractivity contribution in [3.05, 3.63) is 59.1 Å². The van der Waals surface area contributed by atoms with Crippen molar-refractivity contribution in [3.63, 3.8) is 0 Å². The molecule has 0 fully saturated rings. The molecule has 2 heterocycles. The maximum Gasteiger partial charge on any atom is 0.171 e. The lowest BCUT2D eigenvalue weighted by atomic mass is 10.0. The first-order valence-corrected chi connectivity index (χ1v) is 10.6. The Bertz CT molecular complexity index is 1140. The molecule has 0 aliphatic heterocycles. The van der Waals surface area contributed by atoms with Crippen molar-refractivity contribution >= 4 is 22.8 Å². The Morgan fingerprint density at radius 1 is 1.21 bits per heavy atom. The van der Waals surface area contributed by atoms with E-state index in [0.717, 1.165) is 17.5 Å². The van der Waals surface area contributed by atoms with Gasteiger partial charge in [0.15, 0.2) is 23.1 Å². The van der Waals surface area contributed by atoms with Crippen molar-refractivity contribution in [2.45, 2.75) is 26.3 Å². The molecule has 176 valence electrons. The Morgan fingerprint density at radius 2 is 1.91 bits per heavy atom.